The van der Waals surface area contributed by atoms with Crippen molar-refractivity contribution in [2.24, 2.45) is 5.92 Å². The van der Waals surface area contributed by atoms with Crippen LogP contribution in [0.2, 0.25) is 0 Å². The molecule has 2 aromatic carbocycles. The van der Waals surface area contributed by atoms with E-state index in [1.165, 1.54) is 23.5 Å². The second kappa shape index (κ2) is 8.14. The quantitative estimate of drug-likeness (QED) is 0.572. The summed E-state index contributed by atoms with van der Waals surface area (Å²) in [6.45, 7) is 1.72. The molecule has 3 aromatic rings. The van der Waals surface area contributed by atoms with Gasteiger partial charge < -0.3 is 0 Å². The van der Waals surface area contributed by atoms with Crippen molar-refractivity contribution in [3.8, 4) is 10.6 Å². The van der Waals surface area contributed by atoms with E-state index in [0.29, 0.717) is 27.6 Å². The Hall–Kier alpha value is -3.20. The minimum Gasteiger partial charge on any atom is -0.273 e. The topological polar surface area (TPSA) is 71.1 Å². The summed E-state index contributed by atoms with van der Waals surface area (Å²) in [4.78, 5) is 29.6. The molecule has 5 nitrogen and oxygen atoms in total. The second-order valence-corrected chi connectivity index (χ2v) is 8.31. The maximum absolute atomic E-state index is 12.7. The van der Waals surface area contributed by atoms with E-state index in [4.69, 9.17) is 0 Å². The number of nitrogens with zero attached hydrogens (tertiary/aromatic N) is 1. The van der Waals surface area contributed by atoms with E-state index >= 15 is 0 Å². The number of hydrogen-bond donors (Lipinski definition) is 2. The molecule has 1 aliphatic carbocycles. The summed E-state index contributed by atoms with van der Waals surface area (Å²) < 4.78 is 38.0. The summed E-state index contributed by atoms with van der Waals surface area (Å²) in [5.74, 6) is -1.38. The zero-order valence-corrected chi connectivity index (χ0v) is 17.2. The fourth-order valence-electron chi connectivity index (χ4n) is 3.35. The third-order valence-corrected chi connectivity index (χ3v) is 6.32. The van der Waals surface area contributed by atoms with Gasteiger partial charge >= 0.3 is 6.18 Å². The molecule has 160 valence electrons. The minimum atomic E-state index is -4.39. The first-order valence-electron chi connectivity index (χ1n) is 9.54. The number of benzene rings is 2. The van der Waals surface area contributed by atoms with Crippen LogP contribution in [0.1, 0.15) is 38.8 Å². The molecule has 4 rings (SSSR count). The van der Waals surface area contributed by atoms with Crippen molar-refractivity contribution >= 4 is 23.2 Å². The van der Waals surface area contributed by atoms with Crippen LogP contribution in [0, 0.1) is 12.8 Å². The summed E-state index contributed by atoms with van der Waals surface area (Å²) in [6.07, 6.45) is -3.87. The molecule has 9 heteroatoms. The third-order valence-electron chi connectivity index (χ3n) is 5.12. The van der Waals surface area contributed by atoms with Crippen LogP contribution in [0.3, 0.4) is 0 Å². The van der Waals surface area contributed by atoms with Gasteiger partial charge in [-0.1, -0.05) is 42.5 Å². The first-order chi connectivity index (χ1) is 14.7. The molecular weight excluding hydrogens is 427 g/mol. The summed E-state index contributed by atoms with van der Waals surface area (Å²) >= 11 is 1.23. The first kappa shape index (κ1) is 21.0. The number of halogens is 3. The molecule has 1 heterocycles. The minimum absolute atomic E-state index is 0.158. The maximum atomic E-state index is 12.7. The Morgan fingerprint density at radius 3 is 2.35 bits per heavy atom. The summed E-state index contributed by atoms with van der Waals surface area (Å²) in [5, 5.41) is 0.708. The summed E-state index contributed by atoms with van der Waals surface area (Å²) in [7, 11) is 0. The molecule has 0 aliphatic heterocycles. The molecule has 0 radical (unpaired) electrons. The summed E-state index contributed by atoms with van der Waals surface area (Å²) in [5.41, 5.74) is 6.23. The molecule has 0 saturated heterocycles. The standard InChI is InChI=1S/C22H18F3N3O2S/c1-12-18(31-21(26-12)14-5-3-2-4-6-14)20(30)28-27-19(29)17-11-16(17)13-7-9-15(10-8-13)22(23,24)25/h2-10,16-17H,11H2,1H3,(H,27,29)(H,28,30). The highest BCUT2D eigenvalue weighted by Gasteiger charge is 2.44. The van der Waals surface area contributed by atoms with E-state index in [2.05, 4.69) is 15.8 Å². The van der Waals surface area contributed by atoms with Gasteiger partial charge in [-0.2, -0.15) is 13.2 Å². The fraction of sp³-hybridized carbons (Fsp3) is 0.227. The van der Waals surface area contributed by atoms with Gasteiger partial charge in [0.1, 0.15) is 9.88 Å². The van der Waals surface area contributed by atoms with Gasteiger partial charge in [-0.25, -0.2) is 4.98 Å². The highest BCUT2D eigenvalue weighted by Crippen LogP contribution is 2.47. The van der Waals surface area contributed by atoms with E-state index in [1.54, 1.807) is 6.92 Å². The number of alkyl halides is 3. The Balaban J connectivity index is 1.34. The van der Waals surface area contributed by atoms with Crippen LogP contribution < -0.4 is 10.9 Å². The monoisotopic (exact) mass is 445 g/mol. The lowest BCUT2D eigenvalue weighted by molar-refractivity contribution is -0.137. The zero-order valence-electron chi connectivity index (χ0n) is 16.4. The molecule has 2 N–H and O–H groups in total. The number of nitrogens with one attached hydrogen (secondary N) is 2. The van der Waals surface area contributed by atoms with Crippen molar-refractivity contribution in [2.45, 2.75) is 25.4 Å². The van der Waals surface area contributed by atoms with Crippen LogP contribution in [-0.2, 0) is 11.0 Å². The molecule has 2 unspecified atom stereocenters. The average Bonchev–Trinajstić information content (AvgIpc) is 3.47. The molecule has 2 atom stereocenters. The number of amides is 2. The maximum Gasteiger partial charge on any atom is 0.416 e. The van der Waals surface area contributed by atoms with Crippen molar-refractivity contribution < 1.29 is 22.8 Å². The molecule has 1 aromatic heterocycles. The van der Waals surface area contributed by atoms with Crippen molar-refractivity contribution in [1.82, 2.24) is 15.8 Å². The number of carbonyl (C=O) groups excluding carboxylic acids is 2. The van der Waals surface area contributed by atoms with Crippen LogP contribution in [0.4, 0.5) is 13.2 Å². The second-order valence-electron chi connectivity index (χ2n) is 7.31. The predicted molar refractivity (Wildman–Crippen MR) is 110 cm³/mol. The molecule has 0 spiro atoms. The molecule has 1 saturated carbocycles. The SMILES string of the molecule is Cc1nc(-c2ccccc2)sc1C(=O)NNC(=O)C1CC1c1ccc(C(F)(F)F)cc1. The molecule has 1 fully saturated rings. The smallest absolute Gasteiger partial charge is 0.273 e. The van der Waals surface area contributed by atoms with Crippen LogP contribution in [-0.4, -0.2) is 16.8 Å². The van der Waals surface area contributed by atoms with Crippen molar-refractivity contribution in [2.75, 3.05) is 0 Å². The number of aromatic nitrogens is 1. The van der Waals surface area contributed by atoms with Gasteiger partial charge in [0.25, 0.3) is 5.91 Å². The van der Waals surface area contributed by atoms with Gasteiger partial charge in [-0.3, -0.25) is 20.4 Å². The van der Waals surface area contributed by atoms with Gasteiger partial charge in [0.2, 0.25) is 5.91 Å². The Kier molecular flexibility index (Phi) is 5.53. The highest BCUT2D eigenvalue weighted by molar-refractivity contribution is 7.17. The molecule has 0 bridgehead atoms. The molecule has 1 aliphatic rings. The number of aryl methyl sites for hydroxylation is 1. The molecular formula is C22H18F3N3O2S. The van der Waals surface area contributed by atoms with Crippen molar-refractivity contribution in [3.63, 3.8) is 0 Å². The fourth-order valence-corrected chi connectivity index (χ4v) is 4.32. The number of hydrogen-bond acceptors (Lipinski definition) is 4. The highest BCUT2D eigenvalue weighted by atomic mass is 32.1. The van der Waals surface area contributed by atoms with E-state index in [-0.39, 0.29) is 17.7 Å². The van der Waals surface area contributed by atoms with Gasteiger partial charge in [0.05, 0.1) is 11.3 Å². The van der Waals surface area contributed by atoms with Gasteiger partial charge in [0, 0.05) is 11.5 Å². The first-order valence-corrected chi connectivity index (χ1v) is 10.4. The number of carbonyl (C=O) groups is 2. The van der Waals surface area contributed by atoms with E-state index in [1.807, 2.05) is 30.3 Å². The Bertz CT molecular complexity index is 1110. The van der Waals surface area contributed by atoms with Crippen molar-refractivity contribution in [3.05, 3.63) is 76.3 Å². The Morgan fingerprint density at radius 1 is 1.03 bits per heavy atom. The van der Waals surface area contributed by atoms with E-state index in [0.717, 1.165) is 17.7 Å². The van der Waals surface area contributed by atoms with E-state index in [9.17, 15) is 22.8 Å². The normalized spacial score (nSPS) is 17.8. The lowest BCUT2D eigenvalue weighted by atomic mass is 10.1. The van der Waals surface area contributed by atoms with Gasteiger partial charge in [-0.15, -0.1) is 11.3 Å². The predicted octanol–water partition coefficient (Wildman–Crippen LogP) is 4.70. The van der Waals surface area contributed by atoms with Crippen LogP contribution in [0.25, 0.3) is 10.6 Å². The Morgan fingerprint density at radius 2 is 1.71 bits per heavy atom. The number of thiazole rings is 1. The lowest BCUT2D eigenvalue weighted by Gasteiger charge is -2.08. The summed E-state index contributed by atoms with van der Waals surface area (Å²) in [6, 6.07) is 14.3. The van der Waals surface area contributed by atoms with E-state index < -0.39 is 17.6 Å². The number of rotatable bonds is 4. The van der Waals surface area contributed by atoms with Crippen LogP contribution >= 0.6 is 11.3 Å². The van der Waals surface area contributed by atoms with Gasteiger partial charge in [0.15, 0.2) is 0 Å². The molecule has 31 heavy (non-hydrogen) atoms. The third kappa shape index (κ3) is 4.61. The van der Waals surface area contributed by atoms with Crippen LogP contribution in [0.5, 0.6) is 0 Å². The average molecular weight is 445 g/mol. The Labute approximate surface area is 180 Å². The van der Waals surface area contributed by atoms with Crippen LogP contribution in [0.15, 0.2) is 54.6 Å². The largest absolute Gasteiger partial charge is 0.416 e. The number of hydrazine groups is 1. The zero-order chi connectivity index (χ0) is 22.2. The lowest BCUT2D eigenvalue weighted by Crippen LogP contribution is -2.42. The van der Waals surface area contributed by atoms with Gasteiger partial charge in [-0.05, 0) is 37.0 Å². The van der Waals surface area contributed by atoms with Crippen molar-refractivity contribution in [1.29, 1.82) is 0 Å². The molecule has 2 amide bonds.